The number of hydrogen-bond donors (Lipinski definition) is 2. The largest absolute Gasteiger partial charge is 0.495 e. The fourth-order valence-electron chi connectivity index (χ4n) is 2.53. The molecular formula is C19H20N4OS. The van der Waals surface area contributed by atoms with Crippen molar-refractivity contribution in [2.75, 3.05) is 17.7 Å². The summed E-state index contributed by atoms with van der Waals surface area (Å²) in [7, 11) is 1.64. The van der Waals surface area contributed by atoms with Crippen molar-refractivity contribution in [2.45, 2.75) is 13.5 Å². The summed E-state index contributed by atoms with van der Waals surface area (Å²) in [6.07, 6.45) is 3.71. The molecule has 6 heteroatoms. The first-order valence-electron chi connectivity index (χ1n) is 7.93. The molecule has 0 unspecified atom stereocenters. The van der Waals surface area contributed by atoms with E-state index < -0.39 is 0 Å². The molecule has 2 aromatic carbocycles. The van der Waals surface area contributed by atoms with Crippen LogP contribution in [0.5, 0.6) is 5.75 Å². The normalized spacial score (nSPS) is 10.3. The molecular weight excluding hydrogens is 332 g/mol. The van der Waals surface area contributed by atoms with Crippen molar-refractivity contribution >= 4 is 28.7 Å². The van der Waals surface area contributed by atoms with Gasteiger partial charge in [0.2, 0.25) is 0 Å². The van der Waals surface area contributed by atoms with E-state index in [0.29, 0.717) is 11.7 Å². The molecule has 0 aliphatic heterocycles. The molecule has 25 heavy (non-hydrogen) atoms. The lowest BCUT2D eigenvalue weighted by Gasteiger charge is -2.14. The molecule has 2 N–H and O–H groups in total. The predicted octanol–water partition coefficient (Wildman–Crippen LogP) is 4.06. The van der Waals surface area contributed by atoms with E-state index in [0.717, 1.165) is 28.3 Å². The Morgan fingerprint density at radius 1 is 1.16 bits per heavy atom. The molecule has 0 radical (unpaired) electrons. The number of aromatic nitrogens is 2. The van der Waals surface area contributed by atoms with Gasteiger partial charge in [-0.3, -0.25) is 4.68 Å². The minimum atomic E-state index is 0.514. The van der Waals surface area contributed by atoms with Crippen LogP contribution in [0.4, 0.5) is 11.4 Å². The summed E-state index contributed by atoms with van der Waals surface area (Å²) in [4.78, 5) is 0. The number of anilines is 2. The SMILES string of the molecule is COc1ccc(C)cc1NC(=S)Nc1cccc(Cn2cccn2)c1. The van der Waals surface area contributed by atoms with Crippen LogP contribution in [0.2, 0.25) is 0 Å². The molecule has 0 saturated heterocycles. The van der Waals surface area contributed by atoms with Crippen LogP contribution in [0, 0.1) is 6.92 Å². The standard InChI is InChI=1S/C19H20N4OS/c1-14-7-8-18(24-2)17(11-14)22-19(25)21-16-6-3-5-15(12-16)13-23-10-4-9-20-23/h3-12H,13H2,1-2H3,(H2,21,22,25). The van der Waals surface area contributed by atoms with E-state index in [9.17, 15) is 0 Å². The van der Waals surface area contributed by atoms with Crippen molar-refractivity contribution in [1.82, 2.24) is 9.78 Å². The second kappa shape index (κ2) is 7.81. The second-order valence-corrected chi connectivity index (χ2v) is 6.10. The molecule has 5 nitrogen and oxygen atoms in total. The summed E-state index contributed by atoms with van der Waals surface area (Å²) in [5, 5.41) is 11.2. The lowest BCUT2D eigenvalue weighted by molar-refractivity contribution is 0.417. The van der Waals surface area contributed by atoms with Gasteiger partial charge in [-0.1, -0.05) is 18.2 Å². The first-order chi connectivity index (χ1) is 12.1. The molecule has 3 rings (SSSR count). The van der Waals surface area contributed by atoms with Crippen LogP contribution in [-0.4, -0.2) is 22.0 Å². The third-order valence-electron chi connectivity index (χ3n) is 3.69. The van der Waals surface area contributed by atoms with Gasteiger partial charge in [0.05, 0.1) is 19.3 Å². The average Bonchev–Trinajstić information content (AvgIpc) is 3.08. The maximum Gasteiger partial charge on any atom is 0.175 e. The number of hydrogen-bond acceptors (Lipinski definition) is 3. The van der Waals surface area contributed by atoms with Crippen LogP contribution in [-0.2, 0) is 6.54 Å². The Labute approximate surface area is 152 Å². The summed E-state index contributed by atoms with van der Waals surface area (Å²) >= 11 is 5.43. The van der Waals surface area contributed by atoms with Gasteiger partial charge in [0, 0.05) is 18.1 Å². The monoisotopic (exact) mass is 352 g/mol. The van der Waals surface area contributed by atoms with E-state index >= 15 is 0 Å². The highest BCUT2D eigenvalue weighted by Gasteiger charge is 2.06. The van der Waals surface area contributed by atoms with E-state index in [4.69, 9.17) is 17.0 Å². The molecule has 1 aromatic heterocycles. The lowest BCUT2D eigenvalue weighted by atomic mass is 10.2. The number of ether oxygens (including phenoxy) is 1. The van der Waals surface area contributed by atoms with Crippen molar-refractivity contribution in [3.05, 3.63) is 72.1 Å². The molecule has 0 spiro atoms. The van der Waals surface area contributed by atoms with Gasteiger partial charge in [0.15, 0.2) is 5.11 Å². The van der Waals surface area contributed by atoms with Crippen LogP contribution in [0.1, 0.15) is 11.1 Å². The molecule has 1 heterocycles. The third kappa shape index (κ3) is 4.58. The molecule has 0 aliphatic rings. The number of nitrogens with one attached hydrogen (secondary N) is 2. The van der Waals surface area contributed by atoms with Crippen LogP contribution in [0.3, 0.4) is 0 Å². The van der Waals surface area contributed by atoms with Gasteiger partial charge < -0.3 is 15.4 Å². The fourth-order valence-corrected chi connectivity index (χ4v) is 2.76. The van der Waals surface area contributed by atoms with Crippen molar-refractivity contribution < 1.29 is 4.74 Å². The summed E-state index contributed by atoms with van der Waals surface area (Å²) in [5.41, 5.74) is 4.04. The zero-order valence-electron chi connectivity index (χ0n) is 14.2. The first-order valence-corrected chi connectivity index (χ1v) is 8.34. The van der Waals surface area contributed by atoms with Gasteiger partial charge in [-0.15, -0.1) is 0 Å². The van der Waals surface area contributed by atoms with E-state index in [-0.39, 0.29) is 0 Å². The Kier molecular flexibility index (Phi) is 5.30. The zero-order valence-corrected chi connectivity index (χ0v) is 15.0. The van der Waals surface area contributed by atoms with Crippen molar-refractivity contribution in [1.29, 1.82) is 0 Å². The van der Waals surface area contributed by atoms with Gasteiger partial charge in [0.25, 0.3) is 0 Å². The van der Waals surface area contributed by atoms with E-state index in [2.05, 4.69) is 27.9 Å². The highest BCUT2D eigenvalue weighted by Crippen LogP contribution is 2.25. The lowest BCUT2D eigenvalue weighted by Crippen LogP contribution is -2.19. The quantitative estimate of drug-likeness (QED) is 0.678. The highest BCUT2D eigenvalue weighted by atomic mass is 32.1. The third-order valence-corrected chi connectivity index (χ3v) is 3.90. The predicted molar refractivity (Wildman–Crippen MR) is 105 cm³/mol. The molecule has 0 fully saturated rings. The number of thiocarbonyl (C=S) groups is 1. The molecule has 0 saturated carbocycles. The van der Waals surface area contributed by atoms with Crippen LogP contribution in [0.15, 0.2) is 60.9 Å². The number of methoxy groups -OCH3 is 1. The molecule has 0 aliphatic carbocycles. The minimum Gasteiger partial charge on any atom is -0.495 e. The Morgan fingerprint density at radius 3 is 2.80 bits per heavy atom. The van der Waals surface area contributed by atoms with Gasteiger partial charge in [-0.2, -0.15) is 5.10 Å². The smallest absolute Gasteiger partial charge is 0.175 e. The Bertz CT molecular complexity index is 862. The van der Waals surface area contributed by atoms with Crippen molar-refractivity contribution in [2.24, 2.45) is 0 Å². The van der Waals surface area contributed by atoms with Crippen molar-refractivity contribution in [3.63, 3.8) is 0 Å². The fraction of sp³-hybridized carbons (Fsp3) is 0.158. The Morgan fingerprint density at radius 2 is 2.04 bits per heavy atom. The number of rotatable bonds is 5. The summed E-state index contributed by atoms with van der Waals surface area (Å²) < 4.78 is 7.25. The summed E-state index contributed by atoms with van der Waals surface area (Å²) in [6, 6.07) is 15.9. The first kappa shape index (κ1) is 17.0. The van der Waals surface area contributed by atoms with Gasteiger partial charge in [-0.25, -0.2) is 0 Å². The molecule has 3 aromatic rings. The zero-order chi connectivity index (χ0) is 17.6. The van der Waals surface area contributed by atoms with Gasteiger partial charge >= 0.3 is 0 Å². The molecule has 0 amide bonds. The average molecular weight is 352 g/mol. The second-order valence-electron chi connectivity index (χ2n) is 5.69. The molecule has 128 valence electrons. The van der Waals surface area contributed by atoms with Gasteiger partial charge in [-0.05, 0) is 60.6 Å². The minimum absolute atomic E-state index is 0.514. The van der Waals surface area contributed by atoms with Crippen LogP contribution >= 0.6 is 12.2 Å². The van der Waals surface area contributed by atoms with Crippen LogP contribution in [0.25, 0.3) is 0 Å². The molecule has 0 bridgehead atoms. The van der Waals surface area contributed by atoms with E-state index in [1.54, 1.807) is 13.3 Å². The van der Waals surface area contributed by atoms with E-state index in [1.807, 2.05) is 54.2 Å². The van der Waals surface area contributed by atoms with E-state index in [1.165, 1.54) is 0 Å². The maximum atomic E-state index is 5.43. The Hall–Kier alpha value is -2.86. The number of aryl methyl sites for hydroxylation is 1. The van der Waals surface area contributed by atoms with Crippen LogP contribution < -0.4 is 15.4 Å². The van der Waals surface area contributed by atoms with Gasteiger partial charge in [0.1, 0.15) is 5.75 Å². The topological polar surface area (TPSA) is 51.1 Å². The Balaban J connectivity index is 1.68. The summed E-state index contributed by atoms with van der Waals surface area (Å²) in [5.74, 6) is 0.752. The highest BCUT2D eigenvalue weighted by molar-refractivity contribution is 7.80. The molecule has 0 atom stereocenters. The number of benzene rings is 2. The number of nitrogens with zero attached hydrogens (tertiary/aromatic N) is 2. The van der Waals surface area contributed by atoms with Crippen molar-refractivity contribution in [3.8, 4) is 5.75 Å². The maximum absolute atomic E-state index is 5.43. The summed E-state index contributed by atoms with van der Waals surface area (Å²) in [6.45, 7) is 2.74.